The summed E-state index contributed by atoms with van der Waals surface area (Å²) in [5, 5.41) is 5.00. The summed E-state index contributed by atoms with van der Waals surface area (Å²) < 4.78 is 2.43. The van der Waals surface area contributed by atoms with Gasteiger partial charge in [0.2, 0.25) is 0 Å². The number of aromatic nitrogens is 1. The van der Waals surface area contributed by atoms with E-state index in [0.29, 0.717) is 0 Å². The van der Waals surface area contributed by atoms with E-state index in [1.807, 2.05) is 0 Å². The summed E-state index contributed by atoms with van der Waals surface area (Å²) in [4.78, 5) is 2.46. The van der Waals surface area contributed by atoms with Crippen molar-refractivity contribution in [2.75, 3.05) is 4.90 Å². The molecule has 0 saturated heterocycles. The van der Waals surface area contributed by atoms with Crippen molar-refractivity contribution in [3.05, 3.63) is 267 Å². The topological polar surface area (TPSA) is 8.17 Å². The van der Waals surface area contributed by atoms with Gasteiger partial charge in [-0.05, 0) is 104 Å². The molecule has 0 saturated carbocycles. The Kier molecular flexibility index (Phi) is 9.89. The van der Waals surface area contributed by atoms with Gasteiger partial charge in [0, 0.05) is 33.2 Å². The summed E-state index contributed by atoms with van der Waals surface area (Å²) in [5.74, 6) is 0. The largest absolute Gasteiger partial charge is 0.309 e. The third-order valence-corrected chi connectivity index (χ3v) is 13.0. The molecule has 1 heterocycles. The van der Waals surface area contributed by atoms with Gasteiger partial charge in [-0.3, -0.25) is 0 Å². The lowest BCUT2D eigenvalue weighted by Gasteiger charge is -2.30. The van der Waals surface area contributed by atoms with Crippen LogP contribution in [0.3, 0.4) is 0 Å². The van der Waals surface area contributed by atoms with Crippen LogP contribution in [0.15, 0.2) is 267 Å². The zero-order valence-corrected chi connectivity index (χ0v) is 36.3. The maximum absolute atomic E-state index is 2.46. The molecule has 12 rings (SSSR count). The van der Waals surface area contributed by atoms with Crippen LogP contribution in [0.2, 0.25) is 0 Å². The molecule has 11 aromatic carbocycles. The van der Waals surface area contributed by atoms with Gasteiger partial charge in [0.05, 0.1) is 28.1 Å². The summed E-state index contributed by atoms with van der Waals surface area (Å²) in [7, 11) is 0. The van der Waals surface area contributed by atoms with Crippen LogP contribution < -0.4 is 4.90 Å². The van der Waals surface area contributed by atoms with E-state index in [9.17, 15) is 0 Å². The predicted octanol–water partition coefficient (Wildman–Crippen LogP) is 17.7. The molecule has 0 aliphatic heterocycles. The molecule has 0 radical (unpaired) electrons. The Morgan fingerprint density at radius 3 is 1.47 bits per heavy atom. The molecule has 66 heavy (non-hydrogen) atoms. The fourth-order valence-electron chi connectivity index (χ4n) is 9.83. The fourth-order valence-corrected chi connectivity index (χ4v) is 9.83. The fraction of sp³-hybridized carbons (Fsp3) is 0. The van der Waals surface area contributed by atoms with Crippen LogP contribution in [-0.4, -0.2) is 4.57 Å². The van der Waals surface area contributed by atoms with Gasteiger partial charge >= 0.3 is 0 Å². The first kappa shape index (κ1) is 38.9. The van der Waals surface area contributed by atoms with E-state index in [0.717, 1.165) is 67.3 Å². The lowest BCUT2D eigenvalue weighted by Crippen LogP contribution is -2.13. The molecule has 0 bridgehead atoms. The highest BCUT2D eigenvalue weighted by Gasteiger charge is 2.23. The number of hydrogen-bond donors (Lipinski definition) is 0. The van der Waals surface area contributed by atoms with Crippen molar-refractivity contribution < 1.29 is 0 Å². The highest BCUT2D eigenvalue weighted by atomic mass is 15.1. The summed E-state index contributed by atoms with van der Waals surface area (Å²) in [5.41, 5.74) is 18.4. The molecular weight excluding hydrogens is 797 g/mol. The predicted molar refractivity (Wildman–Crippen MR) is 280 cm³/mol. The first-order valence-electron chi connectivity index (χ1n) is 22.7. The lowest BCUT2D eigenvalue weighted by atomic mass is 9.94. The van der Waals surface area contributed by atoms with Gasteiger partial charge in [-0.15, -0.1) is 0 Å². The van der Waals surface area contributed by atoms with E-state index in [-0.39, 0.29) is 0 Å². The minimum atomic E-state index is 1.07. The van der Waals surface area contributed by atoms with Gasteiger partial charge in [0.15, 0.2) is 0 Å². The maximum Gasteiger partial charge on any atom is 0.0541 e. The van der Waals surface area contributed by atoms with Crippen LogP contribution >= 0.6 is 0 Å². The van der Waals surface area contributed by atoms with Crippen molar-refractivity contribution in [3.8, 4) is 61.3 Å². The van der Waals surface area contributed by atoms with Crippen LogP contribution in [0.4, 0.5) is 17.1 Å². The number of anilines is 3. The number of nitrogens with zero attached hydrogens (tertiary/aromatic N) is 2. The second-order valence-corrected chi connectivity index (χ2v) is 16.9. The first-order chi connectivity index (χ1) is 32.7. The number of para-hydroxylation sites is 4. The smallest absolute Gasteiger partial charge is 0.0541 e. The highest BCUT2D eigenvalue weighted by Crippen LogP contribution is 2.47. The van der Waals surface area contributed by atoms with Crippen molar-refractivity contribution in [2.24, 2.45) is 0 Å². The van der Waals surface area contributed by atoms with Crippen LogP contribution in [0.25, 0.3) is 93.9 Å². The molecule has 0 aliphatic carbocycles. The second-order valence-electron chi connectivity index (χ2n) is 16.9. The molecule has 1 aromatic heterocycles. The van der Waals surface area contributed by atoms with Gasteiger partial charge in [-0.25, -0.2) is 0 Å². The Bertz CT molecular complexity index is 3640. The van der Waals surface area contributed by atoms with Gasteiger partial charge in [-0.2, -0.15) is 0 Å². The molecule has 0 fully saturated rings. The third kappa shape index (κ3) is 7.02. The van der Waals surface area contributed by atoms with Gasteiger partial charge in [0.1, 0.15) is 0 Å². The molecule has 0 spiro atoms. The van der Waals surface area contributed by atoms with Gasteiger partial charge < -0.3 is 9.47 Å². The number of benzene rings is 11. The summed E-state index contributed by atoms with van der Waals surface area (Å²) in [6.45, 7) is 0. The molecule has 2 nitrogen and oxygen atoms in total. The molecule has 0 unspecified atom stereocenters. The van der Waals surface area contributed by atoms with E-state index in [2.05, 4.69) is 276 Å². The Hall–Kier alpha value is -8.72. The minimum Gasteiger partial charge on any atom is -0.309 e. The lowest BCUT2D eigenvalue weighted by molar-refractivity contribution is 1.18. The molecule has 310 valence electrons. The van der Waals surface area contributed by atoms with Crippen LogP contribution in [-0.2, 0) is 0 Å². The van der Waals surface area contributed by atoms with Crippen molar-refractivity contribution in [2.45, 2.75) is 0 Å². The molecule has 0 atom stereocenters. The SMILES string of the molecule is c1ccc(-c2ccccc2N(c2cccc(-c3ccc(-c4ccc5ccccc5c4)cc3)c2)c2ccc(-c3ccccc3-n3c4ccccc4c4ccccc43)cc2-c2ccccc2)cc1. The quantitative estimate of drug-likeness (QED) is 0.141. The zero-order chi connectivity index (χ0) is 43.8. The van der Waals surface area contributed by atoms with Crippen LogP contribution in [0.1, 0.15) is 0 Å². The monoisotopic (exact) mass is 840 g/mol. The molecule has 0 aliphatic rings. The number of rotatable bonds is 9. The number of hydrogen-bond acceptors (Lipinski definition) is 1. The molecule has 12 aromatic rings. The normalized spacial score (nSPS) is 11.3. The van der Waals surface area contributed by atoms with Crippen molar-refractivity contribution in [1.82, 2.24) is 4.57 Å². The summed E-state index contributed by atoms with van der Waals surface area (Å²) in [6.07, 6.45) is 0. The van der Waals surface area contributed by atoms with Crippen molar-refractivity contribution >= 4 is 49.6 Å². The third-order valence-electron chi connectivity index (χ3n) is 13.0. The minimum absolute atomic E-state index is 1.07. The molecule has 2 heteroatoms. The summed E-state index contributed by atoms with van der Waals surface area (Å²) >= 11 is 0. The average molecular weight is 841 g/mol. The van der Waals surface area contributed by atoms with E-state index < -0.39 is 0 Å². The van der Waals surface area contributed by atoms with E-state index in [4.69, 9.17) is 0 Å². The van der Waals surface area contributed by atoms with Crippen LogP contribution in [0.5, 0.6) is 0 Å². The average Bonchev–Trinajstić information content (AvgIpc) is 3.74. The van der Waals surface area contributed by atoms with E-state index in [1.54, 1.807) is 0 Å². The zero-order valence-electron chi connectivity index (χ0n) is 36.3. The van der Waals surface area contributed by atoms with E-state index in [1.165, 1.54) is 43.7 Å². The van der Waals surface area contributed by atoms with Crippen LogP contribution in [0, 0.1) is 0 Å². The van der Waals surface area contributed by atoms with Gasteiger partial charge in [0.25, 0.3) is 0 Å². The Morgan fingerprint density at radius 2 is 0.758 bits per heavy atom. The summed E-state index contributed by atoms with van der Waals surface area (Å²) in [6, 6.07) is 97.0. The Balaban J connectivity index is 1.03. The first-order valence-corrected chi connectivity index (χ1v) is 22.7. The molecule has 0 N–H and O–H groups in total. The Labute approximate surface area is 385 Å². The van der Waals surface area contributed by atoms with E-state index >= 15 is 0 Å². The van der Waals surface area contributed by atoms with Crippen molar-refractivity contribution in [3.63, 3.8) is 0 Å². The second kappa shape index (κ2) is 16.8. The standard InChI is InChI=1S/C64H44N2/c1-3-19-48(20-4-1)55-26-9-13-30-60(55)65(54-25-17-24-51(43-54)46-34-36-47(37-35-46)52-39-38-45-18-7-8-23-50(45)42-52)64-41-40-53(44-59(64)49-21-5-2-6-22-49)56-27-10-14-31-61(56)66-62-32-15-11-28-57(62)58-29-12-16-33-63(58)66/h1-44H. The van der Waals surface area contributed by atoms with Crippen molar-refractivity contribution in [1.29, 1.82) is 0 Å². The maximum atomic E-state index is 2.46. The Morgan fingerprint density at radius 1 is 0.258 bits per heavy atom. The molecule has 0 amide bonds. The van der Waals surface area contributed by atoms with Gasteiger partial charge in [-0.1, -0.05) is 212 Å². The highest BCUT2D eigenvalue weighted by molar-refractivity contribution is 6.10. The molecular formula is C64H44N2. The number of fused-ring (bicyclic) bond motifs is 4.